The van der Waals surface area contributed by atoms with Gasteiger partial charge in [-0.25, -0.2) is 0 Å². The number of nitrogens with two attached hydrogens (primary N) is 2. The monoisotopic (exact) mass is 225 g/mol. The second-order valence-electron chi connectivity index (χ2n) is 4.08. The number of nitrogens with one attached hydrogen (secondary N) is 1. The Labute approximate surface area is 97.2 Å². The lowest BCUT2D eigenvalue weighted by atomic mass is 10.0. The molecule has 0 spiro atoms. The first-order valence-electron chi connectivity index (χ1n) is 5.25. The van der Waals surface area contributed by atoms with Gasteiger partial charge in [0.2, 0.25) is 0 Å². The van der Waals surface area contributed by atoms with Gasteiger partial charge in [-0.2, -0.15) is 0 Å². The second kappa shape index (κ2) is 3.25. The third-order valence-electron chi connectivity index (χ3n) is 2.85. The molecule has 84 valence electrons. The molecular weight excluding hydrogens is 214 g/mol. The summed E-state index contributed by atoms with van der Waals surface area (Å²) < 4.78 is 0. The van der Waals surface area contributed by atoms with Crippen LogP contribution in [0.15, 0.2) is 41.3 Å². The van der Waals surface area contributed by atoms with Crippen LogP contribution in [0.25, 0.3) is 22.0 Å². The van der Waals surface area contributed by atoms with Crippen LogP contribution in [0.2, 0.25) is 0 Å². The van der Waals surface area contributed by atoms with Gasteiger partial charge in [-0.1, -0.05) is 6.07 Å². The molecule has 1 heterocycles. The topological polar surface area (TPSA) is 84.9 Å². The van der Waals surface area contributed by atoms with Crippen molar-refractivity contribution in [3.63, 3.8) is 0 Å². The number of rotatable bonds is 0. The summed E-state index contributed by atoms with van der Waals surface area (Å²) >= 11 is 0. The number of hydrogen-bond donors (Lipinski definition) is 3. The molecule has 3 rings (SSSR count). The molecule has 17 heavy (non-hydrogen) atoms. The van der Waals surface area contributed by atoms with Gasteiger partial charge in [-0.05, 0) is 23.6 Å². The Bertz CT molecular complexity index is 745. The Morgan fingerprint density at radius 1 is 1.00 bits per heavy atom. The van der Waals surface area contributed by atoms with Crippen LogP contribution >= 0.6 is 0 Å². The molecule has 2 aliphatic rings. The standard InChI is InChI=1S/C13H11N3O/c14-8-1-2-10-7(3-8)6-16-11-4-9(15)5-12(17)13(10)11/h1-6,16H,14-15H2. The zero-order chi connectivity index (χ0) is 12.0. The van der Waals surface area contributed by atoms with E-state index in [0.717, 1.165) is 16.5 Å². The number of hydrogen-bond acceptors (Lipinski definition) is 3. The third-order valence-corrected chi connectivity index (χ3v) is 2.85. The lowest BCUT2D eigenvalue weighted by molar-refractivity contribution is 1.34. The normalized spacial score (nSPS) is 11.1. The quantitative estimate of drug-likeness (QED) is 0.403. The van der Waals surface area contributed by atoms with Gasteiger partial charge in [0, 0.05) is 29.0 Å². The van der Waals surface area contributed by atoms with Crippen molar-refractivity contribution in [1.82, 2.24) is 4.98 Å². The summed E-state index contributed by atoms with van der Waals surface area (Å²) in [6.45, 7) is 0. The second-order valence-corrected chi connectivity index (χ2v) is 4.08. The summed E-state index contributed by atoms with van der Waals surface area (Å²) in [5, 5.41) is 1.80. The van der Waals surface area contributed by atoms with Gasteiger partial charge < -0.3 is 16.5 Å². The predicted octanol–water partition coefficient (Wildman–Crippen LogP) is 1.80. The van der Waals surface area contributed by atoms with Crippen LogP contribution in [0, 0.1) is 0 Å². The van der Waals surface area contributed by atoms with E-state index < -0.39 is 0 Å². The average Bonchev–Trinajstić information content (AvgIpc) is 2.28. The van der Waals surface area contributed by atoms with Crippen LogP contribution in [0.1, 0.15) is 0 Å². The van der Waals surface area contributed by atoms with Gasteiger partial charge in [0.05, 0.1) is 11.3 Å². The van der Waals surface area contributed by atoms with Crippen LogP contribution in [0.4, 0.5) is 11.4 Å². The van der Waals surface area contributed by atoms with Gasteiger partial charge in [-0.15, -0.1) is 0 Å². The van der Waals surface area contributed by atoms with Crippen molar-refractivity contribution in [2.24, 2.45) is 0 Å². The summed E-state index contributed by atoms with van der Waals surface area (Å²) in [7, 11) is 0. The number of anilines is 2. The maximum atomic E-state index is 12.0. The zero-order valence-electron chi connectivity index (χ0n) is 9.03. The van der Waals surface area contributed by atoms with E-state index in [4.69, 9.17) is 11.5 Å². The van der Waals surface area contributed by atoms with Crippen molar-refractivity contribution in [2.75, 3.05) is 11.5 Å². The van der Waals surface area contributed by atoms with E-state index in [0.29, 0.717) is 16.9 Å². The smallest absolute Gasteiger partial charge is 0.190 e. The van der Waals surface area contributed by atoms with Gasteiger partial charge in [-0.3, -0.25) is 4.79 Å². The number of H-pyrrole nitrogens is 1. The number of aromatic amines is 1. The lowest BCUT2D eigenvalue weighted by Crippen LogP contribution is -2.08. The number of fused-ring (bicyclic) bond motifs is 3. The molecular formula is C13H11N3O. The van der Waals surface area contributed by atoms with Crippen molar-refractivity contribution in [3.8, 4) is 11.3 Å². The molecule has 0 unspecified atom stereocenters. The van der Waals surface area contributed by atoms with E-state index in [2.05, 4.69) is 4.98 Å². The van der Waals surface area contributed by atoms with Crippen LogP contribution in [-0.2, 0) is 0 Å². The molecule has 0 radical (unpaired) electrons. The first kappa shape index (κ1) is 9.72. The van der Waals surface area contributed by atoms with Gasteiger partial charge >= 0.3 is 0 Å². The number of benzene rings is 2. The molecule has 4 nitrogen and oxygen atoms in total. The summed E-state index contributed by atoms with van der Waals surface area (Å²) in [6.07, 6.45) is 1.83. The molecule has 0 aromatic heterocycles. The summed E-state index contributed by atoms with van der Waals surface area (Å²) in [6, 6.07) is 8.68. The Morgan fingerprint density at radius 3 is 2.65 bits per heavy atom. The van der Waals surface area contributed by atoms with Gasteiger partial charge in [0.25, 0.3) is 0 Å². The first-order chi connectivity index (χ1) is 8.15. The number of nitrogen functional groups attached to an aromatic ring is 2. The summed E-state index contributed by atoms with van der Waals surface area (Å²) in [4.78, 5) is 15.0. The van der Waals surface area contributed by atoms with Crippen molar-refractivity contribution < 1.29 is 0 Å². The van der Waals surface area contributed by atoms with E-state index in [1.54, 1.807) is 12.1 Å². The van der Waals surface area contributed by atoms with E-state index in [9.17, 15) is 4.79 Å². The highest BCUT2D eigenvalue weighted by Gasteiger charge is 2.11. The predicted molar refractivity (Wildman–Crippen MR) is 70.0 cm³/mol. The average molecular weight is 225 g/mol. The Hall–Kier alpha value is -2.49. The third kappa shape index (κ3) is 1.42. The lowest BCUT2D eigenvalue weighted by Gasteiger charge is -2.10. The van der Waals surface area contributed by atoms with Crippen molar-refractivity contribution in [1.29, 1.82) is 0 Å². The maximum absolute atomic E-state index is 12.0. The minimum absolute atomic E-state index is 0.0772. The molecule has 1 aliphatic heterocycles. The molecule has 0 fully saturated rings. The minimum Gasteiger partial charge on any atom is -0.399 e. The Kier molecular flexibility index (Phi) is 1.86. The van der Waals surface area contributed by atoms with E-state index >= 15 is 0 Å². The first-order valence-corrected chi connectivity index (χ1v) is 5.25. The summed E-state index contributed by atoms with van der Waals surface area (Å²) in [5.41, 5.74) is 13.8. The Balaban J connectivity index is 2.55. The Morgan fingerprint density at radius 2 is 1.82 bits per heavy atom. The van der Waals surface area contributed by atoms with Gasteiger partial charge in [0.15, 0.2) is 5.43 Å². The molecule has 1 aliphatic carbocycles. The van der Waals surface area contributed by atoms with E-state index in [1.165, 1.54) is 6.07 Å². The molecule has 1 aromatic rings. The maximum Gasteiger partial charge on any atom is 0.190 e. The van der Waals surface area contributed by atoms with Crippen LogP contribution in [-0.4, -0.2) is 4.98 Å². The van der Waals surface area contributed by atoms with Crippen molar-refractivity contribution in [2.45, 2.75) is 0 Å². The molecule has 4 heteroatoms. The zero-order valence-corrected chi connectivity index (χ0v) is 9.03. The fourth-order valence-electron chi connectivity index (χ4n) is 2.11. The molecule has 0 amide bonds. The molecule has 0 saturated carbocycles. The number of pyridine rings is 1. The fourth-order valence-corrected chi connectivity index (χ4v) is 2.11. The van der Waals surface area contributed by atoms with Gasteiger partial charge in [0.1, 0.15) is 0 Å². The molecule has 0 bridgehead atoms. The fraction of sp³-hybridized carbons (Fsp3) is 0. The highest BCUT2D eigenvalue weighted by Crippen LogP contribution is 2.28. The molecule has 0 atom stereocenters. The highest BCUT2D eigenvalue weighted by molar-refractivity contribution is 5.97. The largest absolute Gasteiger partial charge is 0.399 e. The van der Waals surface area contributed by atoms with Crippen molar-refractivity contribution in [3.05, 3.63) is 46.8 Å². The highest BCUT2D eigenvalue weighted by atomic mass is 16.1. The number of aromatic nitrogens is 1. The summed E-state index contributed by atoms with van der Waals surface area (Å²) in [5.74, 6) is 0. The minimum atomic E-state index is -0.0772. The molecule has 5 N–H and O–H groups in total. The molecule has 1 aromatic carbocycles. The van der Waals surface area contributed by atoms with Crippen LogP contribution in [0.5, 0.6) is 0 Å². The van der Waals surface area contributed by atoms with E-state index in [-0.39, 0.29) is 5.43 Å². The van der Waals surface area contributed by atoms with Crippen LogP contribution < -0.4 is 16.9 Å². The SMILES string of the molecule is Nc1cc2[nH]cc3cc(N)ccc3c-2c(=O)c1. The molecule has 0 saturated heterocycles. The van der Waals surface area contributed by atoms with E-state index in [1.807, 2.05) is 18.3 Å². The van der Waals surface area contributed by atoms with Crippen molar-refractivity contribution >= 4 is 22.1 Å². The van der Waals surface area contributed by atoms with Crippen LogP contribution in [0.3, 0.4) is 0 Å².